The zero-order chi connectivity index (χ0) is 20.7. The van der Waals surface area contributed by atoms with Crippen molar-refractivity contribution in [2.45, 2.75) is 45.2 Å². The Balaban J connectivity index is 1.31. The fourth-order valence-corrected chi connectivity index (χ4v) is 5.28. The number of carbonyl (C=O) groups is 4. The summed E-state index contributed by atoms with van der Waals surface area (Å²) < 4.78 is 5.11. The van der Waals surface area contributed by atoms with Crippen LogP contribution >= 0.6 is 0 Å². The second-order valence-corrected chi connectivity index (χ2v) is 8.41. The summed E-state index contributed by atoms with van der Waals surface area (Å²) in [4.78, 5) is 51.2. The number of hydrogen-bond acceptors (Lipinski definition) is 5. The molecule has 0 spiro atoms. The van der Waals surface area contributed by atoms with Gasteiger partial charge in [-0.05, 0) is 50.5 Å². The van der Waals surface area contributed by atoms with Gasteiger partial charge in [0.25, 0.3) is 5.91 Å². The predicted octanol–water partition coefficient (Wildman–Crippen LogP) is 1.83. The van der Waals surface area contributed by atoms with E-state index in [9.17, 15) is 19.2 Å². The molecular weight excluding hydrogens is 372 g/mol. The van der Waals surface area contributed by atoms with Crippen molar-refractivity contribution in [2.75, 3.05) is 6.61 Å². The molecular formula is C22H26N2O5. The Labute approximate surface area is 169 Å². The van der Waals surface area contributed by atoms with Gasteiger partial charge in [-0.3, -0.25) is 19.3 Å². The van der Waals surface area contributed by atoms with Crippen molar-refractivity contribution >= 4 is 23.7 Å². The summed E-state index contributed by atoms with van der Waals surface area (Å²) in [5.74, 6) is -1.69. The normalized spacial score (nSPS) is 29.5. The molecule has 0 radical (unpaired) electrons. The van der Waals surface area contributed by atoms with Crippen LogP contribution in [0.1, 0.15) is 44.7 Å². The molecule has 1 N–H and O–H groups in total. The van der Waals surface area contributed by atoms with E-state index in [4.69, 9.17) is 4.74 Å². The molecule has 7 heteroatoms. The molecule has 3 fully saturated rings. The van der Waals surface area contributed by atoms with E-state index in [2.05, 4.69) is 5.32 Å². The predicted molar refractivity (Wildman–Crippen MR) is 103 cm³/mol. The van der Waals surface area contributed by atoms with Crippen LogP contribution in [0.2, 0.25) is 0 Å². The van der Waals surface area contributed by atoms with E-state index in [-0.39, 0.29) is 41.5 Å². The average Bonchev–Trinajstić information content (AvgIpc) is 3.40. The summed E-state index contributed by atoms with van der Waals surface area (Å²) in [6, 6.07) is 8.20. The van der Waals surface area contributed by atoms with Crippen LogP contribution in [0.15, 0.2) is 30.3 Å². The van der Waals surface area contributed by atoms with Crippen molar-refractivity contribution in [3.05, 3.63) is 35.9 Å². The van der Waals surface area contributed by atoms with Crippen LogP contribution in [-0.2, 0) is 23.9 Å². The molecule has 1 aromatic carbocycles. The molecule has 0 unspecified atom stereocenters. The van der Waals surface area contributed by atoms with Crippen molar-refractivity contribution in [1.82, 2.24) is 10.2 Å². The molecule has 3 aliphatic rings. The van der Waals surface area contributed by atoms with Crippen molar-refractivity contribution in [2.24, 2.45) is 23.7 Å². The van der Waals surface area contributed by atoms with Crippen LogP contribution < -0.4 is 5.32 Å². The molecule has 1 aliphatic heterocycles. The highest BCUT2D eigenvalue weighted by molar-refractivity contribution is 6.08. The maximum atomic E-state index is 12.8. The molecule has 2 saturated carbocycles. The topological polar surface area (TPSA) is 92.8 Å². The smallest absolute Gasteiger partial charge is 0.329 e. The number of nitrogens with one attached hydrogen (secondary N) is 1. The summed E-state index contributed by atoms with van der Waals surface area (Å²) in [5.41, 5.74) is 0.940. The highest BCUT2D eigenvalue weighted by Gasteiger charge is 2.62. The van der Waals surface area contributed by atoms with E-state index >= 15 is 0 Å². The first kappa shape index (κ1) is 19.6. The Morgan fingerprint density at radius 2 is 1.66 bits per heavy atom. The van der Waals surface area contributed by atoms with E-state index < -0.39 is 24.5 Å². The maximum Gasteiger partial charge on any atom is 0.329 e. The fraction of sp³-hybridized carbons (Fsp3) is 0.545. The SMILES string of the molecule is C[C@H](NC(=O)COC(=O)[C@H](C)N1C(=O)[C@@H]2[C@H]3CC[C@@H](C3)[C@@H]2C1=O)c1ccccc1. The number of likely N-dealkylation sites (tertiary alicyclic amines) is 1. The lowest BCUT2D eigenvalue weighted by molar-refractivity contribution is -0.160. The van der Waals surface area contributed by atoms with Crippen LogP contribution in [-0.4, -0.2) is 41.2 Å². The van der Waals surface area contributed by atoms with Gasteiger partial charge in [-0.1, -0.05) is 30.3 Å². The molecule has 1 saturated heterocycles. The van der Waals surface area contributed by atoms with Gasteiger partial charge in [0.05, 0.1) is 17.9 Å². The van der Waals surface area contributed by atoms with Gasteiger partial charge in [0, 0.05) is 0 Å². The summed E-state index contributed by atoms with van der Waals surface area (Å²) in [7, 11) is 0. The standard InChI is InChI=1S/C22H26N2O5/c1-12(14-6-4-3-5-7-14)23-17(25)11-29-22(28)13(2)24-20(26)18-15-8-9-16(10-15)19(18)21(24)27/h3-7,12-13,15-16,18-19H,8-11H2,1-2H3,(H,23,25)/t12-,13-,15-,16-,18-,19+/m0/s1. The highest BCUT2D eigenvalue weighted by atomic mass is 16.5. The van der Waals surface area contributed by atoms with Crippen LogP contribution in [0, 0.1) is 23.7 Å². The van der Waals surface area contributed by atoms with Crippen molar-refractivity contribution < 1.29 is 23.9 Å². The van der Waals surface area contributed by atoms with E-state index in [1.165, 1.54) is 6.92 Å². The minimum Gasteiger partial charge on any atom is -0.454 e. The molecule has 1 heterocycles. The largest absolute Gasteiger partial charge is 0.454 e. The Bertz CT molecular complexity index is 811. The van der Waals surface area contributed by atoms with E-state index in [0.29, 0.717) is 0 Å². The number of rotatable bonds is 6. The first-order chi connectivity index (χ1) is 13.9. The Hall–Kier alpha value is -2.70. The van der Waals surface area contributed by atoms with Crippen LogP contribution in [0.5, 0.6) is 0 Å². The number of fused-ring (bicyclic) bond motifs is 5. The Morgan fingerprint density at radius 3 is 2.24 bits per heavy atom. The van der Waals surface area contributed by atoms with Gasteiger partial charge >= 0.3 is 5.97 Å². The first-order valence-corrected chi connectivity index (χ1v) is 10.3. The van der Waals surface area contributed by atoms with E-state index in [1.54, 1.807) is 0 Å². The van der Waals surface area contributed by atoms with Gasteiger partial charge in [0.15, 0.2) is 6.61 Å². The molecule has 154 valence electrons. The lowest BCUT2D eigenvalue weighted by atomic mass is 9.81. The highest BCUT2D eigenvalue weighted by Crippen LogP contribution is 2.56. The molecule has 2 bridgehead atoms. The quantitative estimate of drug-likeness (QED) is 0.583. The molecule has 4 rings (SSSR count). The first-order valence-electron chi connectivity index (χ1n) is 10.3. The molecule has 7 nitrogen and oxygen atoms in total. The summed E-state index contributed by atoms with van der Waals surface area (Å²) in [5, 5.41) is 2.77. The number of hydrogen-bond donors (Lipinski definition) is 1. The average molecular weight is 398 g/mol. The lowest BCUT2D eigenvalue weighted by Crippen LogP contribution is -2.46. The van der Waals surface area contributed by atoms with Gasteiger partial charge < -0.3 is 10.1 Å². The van der Waals surface area contributed by atoms with Crippen LogP contribution in [0.3, 0.4) is 0 Å². The number of nitrogens with zero attached hydrogens (tertiary/aromatic N) is 1. The fourth-order valence-electron chi connectivity index (χ4n) is 5.28. The van der Waals surface area contributed by atoms with Crippen molar-refractivity contribution in [3.8, 4) is 0 Å². The zero-order valence-corrected chi connectivity index (χ0v) is 16.7. The van der Waals surface area contributed by atoms with Crippen molar-refractivity contribution in [3.63, 3.8) is 0 Å². The molecule has 1 aromatic rings. The van der Waals surface area contributed by atoms with Gasteiger partial charge in [-0.25, -0.2) is 4.79 Å². The second kappa shape index (κ2) is 7.61. The minimum atomic E-state index is -1.01. The number of ether oxygens (including phenoxy) is 1. The van der Waals surface area contributed by atoms with Crippen LogP contribution in [0.4, 0.5) is 0 Å². The van der Waals surface area contributed by atoms with E-state index in [1.807, 2.05) is 37.3 Å². The number of esters is 1. The molecule has 6 atom stereocenters. The number of imide groups is 1. The zero-order valence-electron chi connectivity index (χ0n) is 16.7. The van der Waals surface area contributed by atoms with Gasteiger partial charge in [-0.15, -0.1) is 0 Å². The summed E-state index contributed by atoms with van der Waals surface area (Å²) >= 11 is 0. The number of benzene rings is 1. The summed E-state index contributed by atoms with van der Waals surface area (Å²) in [6.45, 7) is 2.88. The summed E-state index contributed by atoms with van der Waals surface area (Å²) in [6.07, 6.45) is 2.91. The van der Waals surface area contributed by atoms with Gasteiger partial charge in [0.1, 0.15) is 6.04 Å². The van der Waals surface area contributed by atoms with Crippen molar-refractivity contribution in [1.29, 1.82) is 0 Å². The third kappa shape index (κ3) is 3.43. The van der Waals surface area contributed by atoms with Crippen LogP contribution in [0.25, 0.3) is 0 Å². The van der Waals surface area contributed by atoms with Gasteiger partial charge in [0.2, 0.25) is 11.8 Å². The molecule has 3 amide bonds. The van der Waals surface area contributed by atoms with E-state index in [0.717, 1.165) is 29.7 Å². The Morgan fingerprint density at radius 1 is 1.07 bits per heavy atom. The lowest BCUT2D eigenvalue weighted by Gasteiger charge is -2.23. The number of amides is 3. The number of carbonyl (C=O) groups excluding carboxylic acids is 4. The molecule has 29 heavy (non-hydrogen) atoms. The second-order valence-electron chi connectivity index (χ2n) is 8.41. The maximum absolute atomic E-state index is 12.8. The third-order valence-corrected chi connectivity index (χ3v) is 6.71. The molecule has 2 aliphatic carbocycles. The monoisotopic (exact) mass is 398 g/mol. The van der Waals surface area contributed by atoms with Gasteiger partial charge in [-0.2, -0.15) is 0 Å². The minimum absolute atomic E-state index is 0.226. The molecule has 0 aromatic heterocycles. The Kier molecular flexibility index (Phi) is 5.15. The third-order valence-electron chi connectivity index (χ3n) is 6.71.